The molecule has 0 saturated heterocycles. The Morgan fingerprint density at radius 2 is 1.78 bits per heavy atom. The first-order chi connectivity index (χ1) is 8.83. The standard InChI is InChI=1S/C15H16ClNO/c16-13-8-6-12(7-9-13)15-17-14(10-18-15)11-4-2-1-3-5-11/h6-11H,1-5H2. The van der Waals surface area contributed by atoms with E-state index in [-0.39, 0.29) is 0 Å². The van der Waals surface area contributed by atoms with Crippen molar-refractivity contribution in [2.75, 3.05) is 0 Å². The third-order valence-electron chi connectivity index (χ3n) is 3.64. The summed E-state index contributed by atoms with van der Waals surface area (Å²) in [4.78, 5) is 4.62. The van der Waals surface area contributed by atoms with E-state index in [4.69, 9.17) is 16.0 Å². The van der Waals surface area contributed by atoms with Crippen LogP contribution < -0.4 is 0 Å². The molecule has 0 unspecified atom stereocenters. The van der Waals surface area contributed by atoms with Crippen molar-refractivity contribution in [3.05, 3.63) is 41.2 Å². The second-order valence-electron chi connectivity index (χ2n) is 4.92. The minimum absolute atomic E-state index is 0.587. The number of halogens is 1. The number of rotatable bonds is 2. The highest BCUT2D eigenvalue weighted by Crippen LogP contribution is 2.33. The molecule has 0 amide bonds. The lowest BCUT2D eigenvalue weighted by atomic mass is 9.87. The molecule has 2 aromatic rings. The van der Waals surface area contributed by atoms with Crippen molar-refractivity contribution in [1.82, 2.24) is 4.98 Å². The summed E-state index contributed by atoms with van der Waals surface area (Å²) in [6.45, 7) is 0. The Kier molecular flexibility index (Phi) is 3.37. The Morgan fingerprint density at radius 1 is 1.06 bits per heavy atom. The molecule has 0 aliphatic heterocycles. The average Bonchev–Trinajstić information content (AvgIpc) is 2.90. The van der Waals surface area contributed by atoms with Gasteiger partial charge in [0.05, 0.1) is 5.69 Å². The normalized spacial score (nSPS) is 16.9. The van der Waals surface area contributed by atoms with Gasteiger partial charge in [-0.3, -0.25) is 0 Å². The summed E-state index contributed by atoms with van der Waals surface area (Å²) in [5, 5.41) is 0.734. The highest BCUT2D eigenvalue weighted by atomic mass is 35.5. The predicted molar refractivity (Wildman–Crippen MR) is 72.8 cm³/mol. The number of hydrogen-bond acceptors (Lipinski definition) is 2. The van der Waals surface area contributed by atoms with Crippen LogP contribution in [0.2, 0.25) is 5.02 Å². The van der Waals surface area contributed by atoms with Crippen LogP contribution in [0, 0.1) is 0 Å². The summed E-state index contributed by atoms with van der Waals surface area (Å²) in [5.41, 5.74) is 2.10. The van der Waals surface area contributed by atoms with Crippen LogP contribution in [0.15, 0.2) is 34.9 Å². The fraction of sp³-hybridized carbons (Fsp3) is 0.400. The van der Waals surface area contributed by atoms with Gasteiger partial charge in [-0.1, -0.05) is 30.9 Å². The first-order valence-electron chi connectivity index (χ1n) is 6.54. The van der Waals surface area contributed by atoms with Gasteiger partial charge in [0, 0.05) is 16.5 Å². The third kappa shape index (κ3) is 2.44. The van der Waals surface area contributed by atoms with Crippen LogP contribution in [0.3, 0.4) is 0 Å². The van der Waals surface area contributed by atoms with E-state index in [2.05, 4.69) is 4.98 Å². The highest BCUT2D eigenvalue weighted by molar-refractivity contribution is 6.30. The first kappa shape index (κ1) is 11.8. The van der Waals surface area contributed by atoms with Gasteiger partial charge in [-0.05, 0) is 37.1 Å². The number of benzene rings is 1. The first-order valence-corrected chi connectivity index (χ1v) is 6.92. The van der Waals surface area contributed by atoms with E-state index in [1.165, 1.54) is 32.1 Å². The summed E-state index contributed by atoms with van der Waals surface area (Å²) in [5.74, 6) is 1.29. The molecule has 18 heavy (non-hydrogen) atoms. The van der Waals surface area contributed by atoms with Gasteiger partial charge < -0.3 is 4.42 Å². The fourth-order valence-corrected chi connectivity index (χ4v) is 2.72. The second kappa shape index (κ2) is 5.15. The molecule has 3 heteroatoms. The van der Waals surface area contributed by atoms with Gasteiger partial charge in [-0.25, -0.2) is 4.98 Å². The molecule has 0 spiro atoms. The Hall–Kier alpha value is -1.28. The van der Waals surface area contributed by atoms with Gasteiger partial charge in [0.1, 0.15) is 6.26 Å². The molecule has 2 nitrogen and oxygen atoms in total. The molecule has 0 radical (unpaired) electrons. The molecule has 1 aromatic heterocycles. The van der Waals surface area contributed by atoms with Crippen molar-refractivity contribution >= 4 is 11.6 Å². The SMILES string of the molecule is Clc1ccc(-c2nc(C3CCCCC3)co2)cc1. The maximum absolute atomic E-state index is 5.88. The number of oxazole rings is 1. The molecular formula is C15H16ClNO. The molecule has 3 rings (SSSR count). The summed E-state index contributed by atoms with van der Waals surface area (Å²) in [6.07, 6.45) is 8.29. The Labute approximate surface area is 112 Å². The molecule has 1 aliphatic rings. The van der Waals surface area contributed by atoms with Crippen LogP contribution in [0.1, 0.15) is 43.7 Å². The van der Waals surface area contributed by atoms with Crippen LogP contribution in [0.25, 0.3) is 11.5 Å². The molecule has 1 aromatic carbocycles. The fourth-order valence-electron chi connectivity index (χ4n) is 2.60. The monoisotopic (exact) mass is 261 g/mol. The molecule has 1 heterocycles. The Bertz CT molecular complexity index is 512. The topological polar surface area (TPSA) is 26.0 Å². The third-order valence-corrected chi connectivity index (χ3v) is 3.89. The van der Waals surface area contributed by atoms with E-state index in [0.29, 0.717) is 11.8 Å². The van der Waals surface area contributed by atoms with Crippen molar-refractivity contribution in [3.8, 4) is 11.5 Å². The Morgan fingerprint density at radius 3 is 2.50 bits per heavy atom. The maximum atomic E-state index is 5.88. The highest BCUT2D eigenvalue weighted by Gasteiger charge is 2.19. The number of hydrogen-bond donors (Lipinski definition) is 0. The van der Waals surface area contributed by atoms with Crippen molar-refractivity contribution < 1.29 is 4.42 Å². The molecule has 0 N–H and O–H groups in total. The second-order valence-corrected chi connectivity index (χ2v) is 5.36. The molecule has 1 aliphatic carbocycles. The van der Waals surface area contributed by atoms with Crippen molar-refractivity contribution in [2.24, 2.45) is 0 Å². The minimum atomic E-state index is 0.587. The lowest BCUT2D eigenvalue weighted by Crippen LogP contribution is -2.04. The largest absolute Gasteiger partial charge is 0.444 e. The zero-order valence-electron chi connectivity index (χ0n) is 10.2. The molecule has 1 fully saturated rings. The zero-order chi connectivity index (χ0) is 12.4. The van der Waals surface area contributed by atoms with E-state index in [1.807, 2.05) is 30.5 Å². The van der Waals surface area contributed by atoms with E-state index < -0.39 is 0 Å². The average molecular weight is 262 g/mol. The van der Waals surface area contributed by atoms with E-state index in [9.17, 15) is 0 Å². The molecule has 0 atom stereocenters. The van der Waals surface area contributed by atoms with Crippen LogP contribution >= 0.6 is 11.6 Å². The molecular weight excluding hydrogens is 246 g/mol. The lowest BCUT2D eigenvalue weighted by Gasteiger charge is -2.18. The summed E-state index contributed by atoms with van der Waals surface area (Å²) < 4.78 is 5.59. The lowest BCUT2D eigenvalue weighted by molar-refractivity contribution is 0.435. The molecule has 0 bridgehead atoms. The maximum Gasteiger partial charge on any atom is 0.226 e. The van der Waals surface area contributed by atoms with Crippen LogP contribution in [-0.2, 0) is 0 Å². The smallest absolute Gasteiger partial charge is 0.226 e. The van der Waals surface area contributed by atoms with Gasteiger partial charge in [0.2, 0.25) is 5.89 Å². The van der Waals surface area contributed by atoms with E-state index in [1.54, 1.807) is 0 Å². The van der Waals surface area contributed by atoms with Gasteiger partial charge in [0.25, 0.3) is 0 Å². The van der Waals surface area contributed by atoms with Crippen LogP contribution in [0.5, 0.6) is 0 Å². The van der Waals surface area contributed by atoms with Crippen molar-refractivity contribution in [2.45, 2.75) is 38.0 Å². The van der Waals surface area contributed by atoms with Crippen molar-refractivity contribution in [3.63, 3.8) is 0 Å². The summed E-state index contributed by atoms with van der Waals surface area (Å²) in [7, 11) is 0. The molecule has 94 valence electrons. The Balaban J connectivity index is 1.82. The summed E-state index contributed by atoms with van der Waals surface area (Å²) in [6, 6.07) is 7.61. The molecule has 1 saturated carbocycles. The number of nitrogens with zero attached hydrogens (tertiary/aromatic N) is 1. The number of aromatic nitrogens is 1. The van der Waals surface area contributed by atoms with Crippen molar-refractivity contribution in [1.29, 1.82) is 0 Å². The predicted octanol–water partition coefficient (Wildman–Crippen LogP) is 5.04. The van der Waals surface area contributed by atoms with E-state index in [0.717, 1.165) is 16.3 Å². The minimum Gasteiger partial charge on any atom is -0.444 e. The van der Waals surface area contributed by atoms with Gasteiger partial charge >= 0.3 is 0 Å². The summed E-state index contributed by atoms with van der Waals surface area (Å²) >= 11 is 5.88. The van der Waals surface area contributed by atoms with Crippen LogP contribution in [-0.4, -0.2) is 4.98 Å². The zero-order valence-corrected chi connectivity index (χ0v) is 11.0. The van der Waals surface area contributed by atoms with Gasteiger partial charge in [0.15, 0.2) is 0 Å². The van der Waals surface area contributed by atoms with Gasteiger partial charge in [-0.2, -0.15) is 0 Å². The van der Waals surface area contributed by atoms with E-state index >= 15 is 0 Å². The van der Waals surface area contributed by atoms with Gasteiger partial charge in [-0.15, -0.1) is 0 Å². The van der Waals surface area contributed by atoms with Crippen LogP contribution in [0.4, 0.5) is 0 Å². The quantitative estimate of drug-likeness (QED) is 0.757.